The molecular formula is C9H10N2O. The fourth-order valence-electron chi connectivity index (χ4n) is 0.835. The highest BCUT2D eigenvalue weighted by atomic mass is 16.1. The lowest BCUT2D eigenvalue weighted by Crippen LogP contribution is -2.05. The van der Waals surface area contributed by atoms with Gasteiger partial charge in [-0.25, -0.2) is 0 Å². The molecular weight excluding hydrogens is 152 g/mol. The maximum absolute atomic E-state index is 10.4. The highest BCUT2D eigenvalue weighted by Crippen LogP contribution is 2.11. The number of carbonyl (C=O) groups excluding carboxylic acids is 1. The number of hydrogen-bond donors (Lipinski definition) is 2. The third kappa shape index (κ3) is 2.12. The van der Waals surface area contributed by atoms with E-state index in [2.05, 4.69) is 0 Å². The van der Waals surface area contributed by atoms with E-state index in [1.54, 1.807) is 12.1 Å². The largest absolute Gasteiger partial charge is 0.398 e. The zero-order valence-corrected chi connectivity index (χ0v) is 6.53. The maximum Gasteiger partial charge on any atom is 0.241 e. The Bertz CT molecular complexity index is 318. The predicted molar refractivity (Wildman–Crippen MR) is 49.1 cm³/mol. The van der Waals surface area contributed by atoms with Crippen LogP contribution in [0.2, 0.25) is 0 Å². The number of amides is 1. The number of primary amides is 1. The summed E-state index contributed by atoms with van der Waals surface area (Å²) >= 11 is 0. The van der Waals surface area contributed by atoms with Gasteiger partial charge in [0.25, 0.3) is 0 Å². The molecule has 4 N–H and O–H groups in total. The normalized spacial score (nSPS) is 10.3. The highest BCUT2D eigenvalue weighted by Gasteiger charge is 1.91. The number of para-hydroxylation sites is 1. The monoisotopic (exact) mass is 162 g/mol. The molecule has 62 valence electrons. The van der Waals surface area contributed by atoms with Gasteiger partial charge in [-0.05, 0) is 17.7 Å². The zero-order chi connectivity index (χ0) is 8.97. The van der Waals surface area contributed by atoms with E-state index in [4.69, 9.17) is 11.5 Å². The molecule has 0 aliphatic rings. The number of hydrogen-bond acceptors (Lipinski definition) is 2. The molecule has 0 fully saturated rings. The molecule has 0 spiro atoms. The molecule has 1 rings (SSSR count). The Labute approximate surface area is 70.7 Å². The summed E-state index contributed by atoms with van der Waals surface area (Å²) in [7, 11) is 0. The van der Waals surface area contributed by atoms with Crippen LogP contribution < -0.4 is 11.5 Å². The highest BCUT2D eigenvalue weighted by molar-refractivity contribution is 5.91. The minimum Gasteiger partial charge on any atom is -0.398 e. The van der Waals surface area contributed by atoms with Gasteiger partial charge in [0.2, 0.25) is 5.91 Å². The Kier molecular flexibility index (Phi) is 2.48. The van der Waals surface area contributed by atoms with Crippen LogP contribution in [0.5, 0.6) is 0 Å². The van der Waals surface area contributed by atoms with Gasteiger partial charge in [-0.15, -0.1) is 0 Å². The van der Waals surface area contributed by atoms with Crippen molar-refractivity contribution in [1.82, 2.24) is 0 Å². The first-order chi connectivity index (χ1) is 5.70. The van der Waals surface area contributed by atoms with Crippen molar-refractivity contribution in [2.24, 2.45) is 5.73 Å². The number of nitrogen functional groups attached to an aromatic ring is 1. The number of nitrogens with two attached hydrogens (primary N) is 2. The summed E-state index contributed by atoms with van der Waals surface area (Å²) in [4.78, 5) is 10.4. The third-order valence-corrected chi connectivity index (χ3v) is 1.42. The second-order valence-electron chi connectivity index (χ2n) is 2.36. The van der Waals surface area contributed by atoms with Crippen LogP contribution >= 0.6 is 0 Å². The minimum atomic E-state index is -0.474. The number of benzene rings is 1. The molecule has 1 aromatic carbocycles. The average Bonchev–Trinajstić information content (AvgIpc) is 2.03. The van der Waals surface area contributed by atoms with Crippen molar-refractivity contribution >= 4 is 17.7 Å². The van der Waals surface area contributed by atoms with Crippen molar-refractivity contribution in [3.8, 4) is 0 Å². The van der Waals surface area contributed by atoms with Gasteiger partial charge in [0.1, 0.15) is 0 Å². The summed E-state index contributed by atoms with van der Waals surface area (Å²) in [5.41, 5.74) is 12.0. The number of carbonyl (C=O) groups is 1. The predicted octanol–water partition coefficient (Wildman–Crippen LogP) is 0.767. The van der Waals surface area contributed by atoms with Crippen LogP contribution in [-0.4, -0.2) is 5.91 Å². The van der Waals surface area contributed by atoms with E-state index in [1.165, 1.54) is 6.08 Å². The standard InChI is InChI=1S/C9H10N2O/c10-8-4-2-1-3-7(8)5-6-9(11)12/h1-6H,10H2,(H2,11,12)/b6-5+. The van der Waals surface area contributed by atoms with Crippen LogP contribution in [0.15, 0.2) is 30.3 Å². The van der Waals surface area contributed by atoms with Crippen molar-refractivity contribution in [3.05, 3.63) is 35.9 Å². The molecule has 0 radical (unpaired) electrons. The van der Waals surface area contributed by atoms with Gasteiger partial charge in [-0.1, -0.05) is 18.2 Å². The SMILES string of the molecule is NC(=O)/C=C/c1ccccc1N. The summed E-state index contributed by atoms with van der Waals surface area (Å²) in [6.45, 7) is 0. The quantitative estimate of drug-likeness (QED) is 0.498. The van der Waals surface area contributed by atoms with Crippen molar-refractivity contribution < 1.29 is 4.79 Å². The van der Waals surface area contributed by atoms with Gasteiger partial charge in [0, 0.05) is 11.8 Å². The number of rotatable bonds is 2. The molecule has 0 aliphatic heterocycles. The third-order valence-electron chi connectivity index (χ3n) is 1.42. The molecule has 1 amide bonds. The fourth-order valence-corrected chi connectivity index (χ4v) is 0.835. The van der Waals surface area contributed by atoms with E-state index in [1.807, 2.05) is 18.2 Å². The topological polar surface area (TPSA) is 69.1 Å². The lowest BCUT2D eigenvalue weighted by molar-refractivity contribution is -0.113. The molecule has 0 saturated carbocycles. The second-order valence-corrected chi connectivity index (χ2v) is 2.36. The van der Waals surface area contributed by atoms with Crippen molar-refractivity contribution in [2.75, 3.05) is 5.73 Å². The first-order valence-electron chi connectivity index (χ1n) is 3.52. The van der Waals surface area contributed by atoms with Crippen LogP contribution in [0.3, 0.4) is 0 Å². The summed E-state index contributed by atoms with van der Waals surface area (Å²) in [6, 6.07) is 7.25. The van der Waals surface area contributed by atoms with E-state index >= 15 is 0 Å². The van der Waals surface area contributed by atoms with E-state index in [0.717, 1.165) is 5.56 Å². The molecule has 0 aliphatic carbocycles. The molecule has 3 nitrogen and oxygen atoms in total. The Morgan fingerprint density at radius 1 is 1.33 bits per heavy atom. The first kappa shape index (κ1) is 8.33. The second kappa shape index (κ2) is 3.57. The molecule has 0 unspecified atom stereocenters. The Morgan fingerprint density at radius 3 is 2.58 bits per heavy atom. The van der Waals surface area contributed by atoms with Gasteiger partial charge >= 0.3 is 0 Å². The fraction of sp³-hybridized carbons (Fsp3) is 0. The summed E-state index contributed by atoms with van der Waals surface area (Å²) in [5.74, 6) is -0.474. The van der Waals surface area contributed by atoms with Gasteiger partial charge in [0.15, 0.2) is 0 Å². The van der Waals surface area contributed by atoms with Crippen molar-refractivity contribution in [1.29, 1.82) is 0 Å². The molecule has 0 saturated heterocycles. The van der Waals surface area contributed by atoms with Crippen LogP contribution in [0.1, 0.15) is 5.56 Å². The average molecular weight is 162 g/mol. The number of anilines is 1. The summed E-state index contributed by atoms with van der Waals surface area (Å²) in [5, 5.41) is 0. The lowest BCUT2D eigenvalue weighted by atomic mass is 10.2. The molecule has 12 heavy (non-hydrogen) atoms. The molecule has 3 heteroatoms. The molecule has 0 bridgehead atoms. The van der Waals surface area contributed by atoms with Gasteiger partial charge in [-0.2, -0.15) is 0 Å². The van der Waals surface area contributed by atoms with Gasteiger partial charge in [-0.3, -0.25) is 4.79 Å². The Hall–Kier alpha value is -1.77. The van der Waals surface area contributed by atoms with Crippen LogP contribution in [0.4, 0.5) is 5.69 Å². The summed E-state index contributed by atoms with van der Waals surface area (Å²) < 4.78 is 0. The lowest BCUT2D eigenvalue weighted by Gasteiger charge is -1.96. The first-order valence-corrected chi connectivity index (χ1v) is 3.52. The molecule has 1 aromatic rings. The van der Waals surface area contributed by atoms with Crippen LogP contribution in [0, 0.1) is 0 Å². The Morgan fingerprint density at radius 2 is 2.00 bits per heavy atom. The molecule has 0 atom stereocenters. The summed E-state index contributed by atoms with van der Waals surface area (Å²) in [6.07, 6.45) is 2.88. The van der Waals surface area contributed by atoms with Crippen LogP contribution in [-0.2, 0) is 4.79 Å². The van der Waals surface area contributed by atoms with Crippen molar-refractivity contribution in [3.63, 3.8) is 0 Å². The molecule has 0 heterocycles. The van der Waals surface area contributed by atoms with Crippen LogP contribution in [0.25, 0.3) is 6.08 Å². The van der Waals surface area contributed by atoms with E-state index in [9.17, 15) is 4.79 Å². The smallest absolute Gasteiger partial charge is 0.241 e. The minimum absolute atomic E-state index is 0.474. The maximum atomic E-state index is 10.4. The Balaban J connectivity index is 2.89. The van der Waals surface area contributed by atoms with Crippen molar-refractivity contribution in [2.45, 2.75) is 0 Å². The molecule has 0 aromatic heterocycles. The van der Waals surface area contributed by atoms with E-state index in [0.29, 0.717) is 5.69 Å². The van der Waals surface area contributed by atoms with Gasteiger partial charge in [0.05, 0.1) is 0 Å². The van der Waals surface area contributed by atoms with Gasteiger partial charge < -0.3 is 11.5 Å². The van der Waals surface area contributed by atoms with E-state index < -0.39 is 5.91 Å². The van der Waals surface area contributed by atoms with E-state index in [-0.39, 0.29) is 0 Å². The zero-order valence-electron chi connectivity index (χ0n) is 6.53.